The molecule has 0 saturated heterocycles. The Kier molecular flexibility index (Phi) is 2.45. The molecule has 0 nitrogen and oxygen atoms in total. The van der Waals surface area contributed by atoms with Gasteiger partial charge in [-0.2, -0.15) is 0 Å². The number of fused-ring (bicyclic) bond motifs is 1. The van der Waals surface area contributed by atoms with Crippen molar-refractivity contribution in [1.29, 1.82) is 0 Å². The van der Waals surface area contributed by atoms with Crippen molar-refractivity contribution in [2.75, 3.05) is 0 Å². The molecule has 0 atom stereocenters. The van der Waals surface area contributed by atoms with Crippen LogP contribution in [0.25, 0.3) is 10.1 Å². The maximum atomic E-state index is 13.5. The number of halogens is 3. The van der Waals surface area contributed by atoms with Crippen molar-refractivity contribution in [3.8, 4) is 0 Å². The van der Waals surface area contributed by atoms with Crippen LogP contribution in [0.4, 0.5) is 4.39 Å². The summed E-state index contributed by atoms with van der Waals surface area (Å²) >= 11 is 12.8. The molecule has 2 aromatic rings. The van der Waals surface area contributed by atoms with Gasteiger partial charge in [-0.05, 0) is 6.07 Å². The van der Waals surface area contributed by atoms with Crippen molar-refractivity contribution < 1.29 is 4.39 Å². The zero-order valence-corrected chi connectivity index (χ0v) is 8.81. The van der Waals surface area contributed by atoms with E-state index in [-0.39, 0.29) is 11.7 Å². The zero-order valence-electron chi connectivity index (χ0n) is 6.48. The van der Waals surface area contributed by atoms with E-state index >= 15 is 0 Å². The molecule has 0 aliphatic rings. The highest BCUT2D eigenvalue weighted by molar-refractivity contribution is 7.19. The third-order valence-electron chi connectivity index (χ3n) is 1.79. The Morgan fingerprint density at radius 2 is 2.15 bits per heavy atom. The molecule has 1 heterocycles. The highest BCUT2D eigenvalue weighted by atomic mass is 35.5. The van der Waals surface area contributed by atoms with Gasteiger partial charge in [0.25, 0.3) is 0 Å². The van der Waals surface area contributed by atoms with E-state index < -0.39 is 0 Å². The summed E-state index contributed by atoms with van der Waals surface area (Å²) in [5.41, 5.74) is 0. The van der Waals surface area contributed by atoms with E-state index in [9.17, 15) is 4.39 Å². The number of hydrogen-bond acceptors (Lipinski definition) is 1. The van der Waals surface area contributed by atoms with Crippen LogP contribution in [0.3, 0.4) is 0 Å². The molecule has 0 N–H and O–H groups in total. The van der Waals surface area contributed by atoms with Crippen LogP contribution in [0, 0.1) is 5.82 Å². The molecule has 0 unspecified atom stereocenters. The van der Waals surface area contributed by atoms with Crippen LogP contribution in [0.5, 0.6) is 0 Å². The SMILES string of the molecule is Fc1c(CCl)sc2c(Cl)cccc12. The maximum absolute atomic E-state index is 13.5. The van der Waals surface area contributed by atoms with Gasteiger partial charge in [-0.1, -0.05) is 23.7 Å². The molecule has 0 aliphatic heterocycles. The molecular formula is C9H5Cl2FS. The van der Waals surface area contributed by atoms with Crippen LogP contribution in [0.2, 0.25) is 5.02 Å². The van der Waals surface area contributed by atoms with Gasteiger partial charge in [0.05, 0.1) is 20.5 Å². The number of rotatable bonds is 1. The molecule has 13 heavy (non-hydrogen) atoms. The monoisotopic (exact) mass is 234 g/mol. The topological polar surface area (TPSA) is 0 Å². The fraction of sp³-hybridized carbons (Fsp3) is 0.111. The fourth-order valence-corrected chi connectivity index (χ4v) is 2.69. The Morgan fingerprint density at radius 3 is 2.77 bits per heavy atom. The number of benzene rings is 1. The summed E-state index contributed by atoms with van der Waals surface area (Å²) < 4.78 is 14.3. The second-order valence-electron chi connectivity index (χ2n) is 2.59. The van der Waals surface area contributed by atoms with Crippen LogP contribution in [0.1, 0.15) is 4.88 Å². The lowest BCUT2D eigenvalue weighted by atomic mass is 10.2. The third-order valence-corrected chi connectivity index (χ3v) is 3.86. The molecule has 0 bridgehead atoms. The van der Waals surface area contributed by atoms with Gasteiger partial charge in [-0.15, -0.1) is 22.9 Å². The van der Waals surface area contributed by atoms with Gasteiger partial charge >= 0.3 is 0 Å². The molecular weight excluding hydrogens is 230 g/mol. The zero-order chi connectivity index (χ0) is 9.42. The van der Waals surface area contributed by atoms with Crippen LogP contribution in [0.15, 0.2) is 18.2 Å². The highest BCUT2D eigenvalue weighted by Crippen LogP contribution is 2.35. The number of thiophene rings is 1. The lowest BCUT2D eigenvalue weighted by Crippen LogP contribution is -1.75. The second kappa shape index (κ2) is 3.45. The smallest absolute Gasteiger partial charge is 0.146 e. The fourth-order valence-electron chi connectivity index (χ4n) is 1.19. The van der Waals surface area contributed by atoms with E-state index in [0.717, 1.165) is 4.70 Å². The van der Waals surface area contributed by atoms with E-state index in [1.165, 1.54) is 11.3 Å². The van der Waals surface area contributed by atoms with Crippen molar-refractivity contribution in [1.82, 2.24) is 0 Å². The van der Waals surface area contributed by atoms with Gasteiger partial charge < -0.3 is 0 Å². The van der Waals surface area contributed by atoms with Crippen molar-refractivity contribution in [2.45, 2.75) is 5.88 Å². The number of hydrogen-bond donors (Lipinski definition) is 0. The summed E-state index contributed by atoms with van der Waals surface area (Å²) in [4.78, 5) is 0.546. The molecule has 0 amide bonds. The van der Waals surface area contributed by atoms with Gasteiger partial charge in [-0.25, -0.2) is 4.39 Å². The molecule has 1 aromatic heterocycles. The van der Waals surface area contributed by atoms with Gasteiger partial charge in [0.15, 0.2) is 0 Å². The van der Waals surface area contributed by atoms with Crippen LogP contribution < -0.4 is 0 Å². The molecule has 0 fully saturated rings. The Balaban J connectivity index is 2.83. The minimum Gasteiger partial charge on any atom is -0.205 e. The standard InChI is InChI=1S/C9H5Cl2FS/c10-4-7-8(12)5-2-1-3-6(11)9(5)13-7/h1-3H,4H2. The molecule has 0 saturated carbocycles. The lowest BCUT2D eigenvalue weighted by molar-refractivity contribution is 0.635. The first kappa shape index (κ1) is 9.25. The van der Waals surface area contributed by atoms with Crippen molar-refractivity contribution in [2.24, 2.45) is 0 Å². The molecule has 0 spiro atoms. The highest BCUT2D eigenvalue weighted by Gasteiger charge is 2.12. The van der Waals surface area contributed by atoms with Crippen LogP contribution in [-0.4, -0.2) is 0 Å². The van der Waals surface area contributed by atoms with Gasteiger partial charge in [0, 0.05) is 5.39 Å². The van der Waals surface area contributed by atoms with E-state index in [4.69, 9.17) is 23.2 Å². The molecule has 0 radical (unpaired) electrons. The first-order valence-electron chi connectivity index (χ1n) is 3.65. The maximum Gasteiger partial charge on any atom is 0.146 e. The Bertz CT molecular complexity index is 450. The second-order valence-corrected chi connectivity index (χ2v) is 4.37. The van der Waals surface area contributed by atoms with E-state index in [1.54, 1.807) is 18.2 Å². The molecule has 4 heteroatoms. The van der Waals surface area contributed by atoms with Gasteiger partial charge in [0.2, 0.25) is 0 Å². The normalized spacial score (nSPS) is 11.0. The average Bonchev–Trinajstić information content (AvgIpc) is 2.45. The molecule has 2 rings (SSSR count). The minimum atomic E-state index is -0.238. The predicted molar refractivity (Wildman–Crippen MR) is 56.4 cm³/mol. The predicted octanol–water partition coefficient (Wildman–Crippen LogP) is 4.43. The third kappa shape index (κ3) is 1.43. The number of alkyl halides is 1. The first-order valence-corrected chi connectivity index (χ1v) is 5.38. The van der Waals surface area contributed by atoms with Gasteiger partial charge in [-0.3, -0.25) is 0 Å². The van der Waals surface area contributed by atoms with Crippen molar-refractivity contribution in [3.63, 3.8) is 0 Å². The van der Waals surface area contributed by atoms with Crippen LogP contribution >= 0.6 is 34.5 Å². The van der Waals surface area contributed by atoms with E-state index in [1.807, 2.05) is 0 Å². The quantitative estimate of drug-likeness (QED) is 0.641. The van der Waals surface area contributed by atoms with Gasteiger partial charge in [0.1, 0.15) is 5.82 Å². The van der Waals surface area contributed by atoms with E-state index in [0.29, 0.717) is 15.3 Å². The minimum absolute atomic E-state index is 0.196. The average molecular weight is 235 g/mol. The summed E-state index contributed by atoms with van der Waals surface area (Å²) in [6.45, 7) is 0. The summed E-state index contributed by atoms with van der Waals surface area (Å²) in [6, 6.07) is 5.19. The Labute approximate surface area is 88.9 Å². The molecule has 0 aliphatic carbocycles. The van der Waals surface area contributed by atoms with Crippen molar-refractivity contribution in [3.05, 3.63) is 33.9 Å². The Morgan fingerprint density at radius 1 is 1.38 bits per heavy atom. The molecule has 68 valence electrons. The summed E-state index contributed by atoms with van der Waals surface area (Å²) in [6.07, 6.45) is 0. The largest absolute Gasteiger partial charge is 0.205 e. The summed E-state index contributed by atoms with van der Waals surface area (Å²) in [7, 11) is 0. The summed E-state index contributed by atoms with van der Waals surface area (Å²) in [5, 5.41) is 1.14. The van der Waals surface area contributed by atoms with Crippen molar-refractivity contribution >= 4 is 44.6 Å². The summed E-state index contributed by atoms with van der Waals surface area (Å²) in [5.74, 6) is -0.0425. The van der Waals surface area contributed by atoms with E-state index in [2.05, 4.69) is 0 Å². The lowest BCUT2D eigenvalue weighted by Gasteiger charge is -1.90. The first-order chi connectivity index (χ1) is 6.24. The van der Waals surface area contributed by atoms with Crippen LogP contribution in [-0.2, 0) is 5.88 Å². The molecule has 1 aromatic carbocycles. The Hall–Kier alpha value is -0.310.